The topological polar surface area (TPSA) is 79.5 Å². The Morgan fingerprint density at radius 1 is 1.19 bits per heavy atom. The van der Waals surface area contributed by atoms with Crippen molar-refractivity contribution in [2.24, 2.45) is 16.6 Å². The molecule has 4 N–H and O–H groups in total. The fourth-order valence-corrected chi connectivity index (χ4v) is 2.01. The van der Waals surface area contributed by atoms with Crippen molar-refractivity contribution in [3.8, 4) is 0 Å². The van der Waals surface area contributed by atoms with Crippen molar-refractivity contribution in [3.63, 3.8) is 0 Å². The first-order valence-corrected chi connectivity index (χ1v) is 7.43. The molecule has 21 heavy (non-hydrogen) atoms. The minimum absolute atomic E-state index is 0.405. The molecule has 0 bridgehead atoms. The van der Waals surface area contributed by atoms with Crippen LogP contribution in [-0.2, 0) is 6.54 Å². The van der Waals surface area contributed by atoms with Gasteiger partial charge in [-0.05, 0) is 23.6 Å². The Kier molecular flexibility index (Phi) is 7.29. The largest absolute Gasteiger partial charge is 0.366 e. The molecule has 1 rings (SSSR count). The molecule has 5 nitrogen and oxygen atoms in total. The molecule has 0 atom stereocenters. The summed E-state index contributed by atoms with van der Waals surface area (Å²) in [4.78, 5) is 15.2. The van der Waals surface area contributed by atoms with Crippen LogP contribution < -0.4 is 16.4 Å². The number of nitrogens with two attached hydrogens (primary N) is 1. The summed E-state index contributed by atoms with van der Waals surface area (Å²) in [5.41, 5.74) is 6.82. The molecule has 116 valence electrons. The second-order valence-corrected chi connectivity index (χ2v) is 5.05. The lowest BCUT2D eigenvalue weighted by atomic mass is 10.0. The number of carbonyl (C=O) groups excluding carboxylic acids is 1. The van der Waals surface area contributed by atoms with Gasteiger partial charge in [0.2, 0.25) is 5.91 Å². The smallest absolute Gasteiger partial charge is 0.248 e. The third-order valence-corrected chi connectivity index (χ3v) is 3.63. The molecule has 0 aliphatic carbocycles. The monoisotopic (exact) mass is 290 g/mol. The van der Waals surface area contributed by atoms with E-state index < -0.39 is 5.91 Å². The van der Waals surface area contributed by atoms with E-state index in [4.69, 9.17) is 5.73 Å². The predicted octanol–water partition coefficient (Wildman–Crippen LogP) is 1.89. The predicted molar refractivity (Wildman–Crippen MR) is 87.2 cm³/mol. The number of nitrogens with one attached hydrogen (secondary N) is 2. The van der Waals surface area contributed by atoms with Crippen LogP contribution in [0.3, 0.4) is 0 Å². The maximum absolute atomic E-state index is 11.0. The van der Waals surface area contributed by atoms with Crippen molar-refractivity contribution in [2.45, 2.75) is 33.2 Å². The Balaban J connectivity index is 2.46. The molecule has 5 heteroatoms. The van der Waals surface area contributed by atoms with Crippen molar-refractivity contribution < 1.29 is 4.79 Å². The van der Waals surface area contributed by atoms with Gasteiger partial charge in [-0.3, -0.25) is 9.79 Å². The van der Waals surface area contributed by atoms with Crippen LogP contribution in [0.25, 0.3) is 0 Å². The first-order valence-electron chi connectivity index (χ1n) is 7.43. The van der Waals surface area contributed by atoms with Gasteiger partial charge in [0.1, 0.15) is 0 Å². The van der Waals surface area contributed by atoms with Gasteiger partial charge in [0.15, 0.2) is 5.96 Å². The Bertz CT molecular complexity index is 464. The molecule has 0 saturated heterocycles. The van der Waals surface area contributed by atoms with Crippen LogP contribution in [0.2, 0.25) is 0 Å². The second kappa shape index (κ2) is 9.00. The molecule has 1 aromatic rings. The average Bonchev–Trinajstić information content (AvgIpc) is 2.51. The molecular weight excluding hydrogens is 264 g/mol. The molecule has 0 aliphatic rings. The first-order chi connectivity index (χ1) is 10.1. The molecule has 0 fully saturated rings. The van der Waals surface area contributed by atoms with Crippen molar-refractivity contribution in [1.29, 1.82) is 0 Å². The maximum atomic E-state index is 11.0. The molecule has 0 aliphatic heterocycles. The van der Waals surface area contributed by atoms with E-state index in [9.17, 15) is 4.79 Å². The van der Waals surface area contributed by atoms with Crippen molar-refractivity contribution in [1.82, 2.24) is 10.6 Å². The number of benzene rings is 1. The highest BCUT2D eigenvalue weighted by Crippen LogP contribution is 2.05. The average molecular weight is 290 g/mol. The summed E-state index contributed by atoms with van der Waals surface area (Å²) < 4.78 is 0. The molecular formula is C16H26N4O. The zero-order valence-electron chi connectivity index (χ0n) is 13.1. The van der Waals surface area contributed by atoms with Gasteiger partial charge < -0.3 is 16.4 Å². The van der Waals surface area contributed by atoms with Gasteiger partial charge in [-0.1, -0.05) is 38.8 Å². The van der Waals surface area contributed by atoms with E-state index in [1.807, 2.05) is 12.1 Å². The van der Waals surface area contributed by atoms with E-state index in [-0.39, 0.29) is 0 Å². The highest BCUT2D eigenvalue weighted by Gasteiger charge is 2.05. The summed E-state index contributed by atoms with van der Waals surface area (Å²) in [7, 11) is 1.76. The number of rotatable bonds is 7. The highest BCUT2D eigenvalue weighted by molar-refractivity contribution is 5.92. The van der Waals surface area contributed by atoms with Gasteiger partial charge >= 0.3 is 0 Å². The van der Waals surface area contributed by atoms with Crippen LogP contribution >= 0.6 is 0 Å². The van der Waals surface area contributed by atoms with E-state index in [0.717, 1.165) is 30.9 Å². The lowest BCUT2D eigenvalue weighted by Gasteiger charge is -2.16. The summed E-state index contributed by atoms with van der Waals surface area (Å²) >= 11 is 0. The quantitative estimate of drug-likeness (QED) is 0.530. The zero-order chi connectivity index (χ0) is 15.7. The number of carbonyl (C=O) groups is 1. The Morgan fingerprint density at radius 3 is 2.29 bits per heavy atom. The number of nitrogens with zero attached hydrogens (tertiary/aromatic N) is 1. The lowest BCUT2D eigenvalue weighted by molar-refractivity contribution is 0.100. The molecule has 1 aromatic carbocycles. The standard InChI is InChI=1S/C16H26N4O/c1-4-12(5-2)10-19-16(18-3)20-11-13-6-8-14(9-7-13)15(17)21/h6-9,12H,4-5,10-11H2,1-3H3,(H2,17,21)(H2,18,19,20). The van der Waals surface area contributed by atoms with E-state index in [0.29, 0.717) is 18.0 Å². The van der Waals surface area contributed by atoms with Crippen LogP contribution in [0.15, 0.2) is 29.3 Å². The van der Waals surface area contributed by atoms with Crippen LogP contribution in [0.4, 0.5) is 0 Å². The summed E-state index contributed by atoms with van der Waals surface area (Å²) in [6.45, 7) is 5.98. The van der Waals surface area contributed by atoms with Crippen LogP contribution in [0.5, 0.6) is 0 Å². The molecule has 1 amide bonds. The highest BCUT2D eigenvalue weighted by atomic mass is 16.1. The number of amides is 1. The van der Waals surface area contributed by atoms with Gasteiger partial charge in [-0.2, -0.15) is 0 Å². The van der Waals surface area contributed by atoms with E-state index in [2.05, 4.69) is 29.5 Å². The van der Waals surface area contributed by atoms with Gasteiger partial charge in [-0.15, -0.1) is 0 Å². The zero-order valence-corrected chi connectivity index (χ0v) is 13.1. The summed E-state index contributed by atoms with van der Waals surface area (Å²) in [6.07, 6.45) is 2.32. The number of guanidine groups is 1. The third-order valence-electron chi connectivity index (χ3n) is 3.63. The first kappa shape index (κ1) is 17.0. The van der Waals surface area contributed by atoms with Crippen molar-refractivity contribution in [2.75, 3.05) is 13.6 Å². The second-order valence-electron chi connectivity index (χ2n) is 5.05. The van der Waals surface area contributed by atoms with Gasteiger partial charge in [-0.25, -0.2) is 0 Å². The van der Waals surface area contributed by atoms with Crippen molar-refractivity contribution >= 4 is 11.9 Å². The van der Waals surface area contributed by atoms with E-state index >= 15 is 0 Å². The van der Waals surface area contributed by atoms with Gasteiger partial charge in [0.05, 0.1) is 0 Å². The number of hydrogen-bond acceptors (Lipinski definition) is 2. The van der Waals surface area contributed by atoms with Gasteiger partial charge in [0.25, 0.3) is 0 Å². The molecule has 0 spiro atoms. The minimum atomic E-state index is -0.405. The van der Waals surface area contributed by atoms with Crippen LogP contribution in [0, 0.1) is 5.92 Å². The van der Waals surface area contributed by atoms with Crippen LogP contribution in [0.1, 0.15) is 42.6 Å². The molecule has 0 aromatic heterocycles. The fraction of sp³-hybridized carbons (Fsp3) is 0.500. The van der Waals surface area contributed by atoms with Crippen molar-refractivity contribution in [3.05, 3.63) is 35.4 Å². The number of hydrogen-bond donors (Lipinski definition) is 3. The Labute approximate surface area is 127 Å². The minimum Gasteiger partial charge on any atom is -0.366 e. The summed E-state index contributed by atoms with van der Waals surface area (Å²) in [5.74, 6) is 1.05. The fourth-order valence-electron chi connectivity index (χ4n) is 2.01. The Morgan fingerprint density at radius 2 is 1.81 bits per heavy atom. The Hall–Kier alpha value is -2.04. The third kappa shape index (κ3) is 5.85. The lowest BCUT2D eigenvalue weighted by Crippen LogP contribution is -2.39. The molecule has 0 unspecified atom stereocenters. The summed E-state index contributed by atoms with van der Waals surface area (Å²) in [6, 6.07) is 7.25. The number of primary amides is 1. The normalized spacial score (nSPS) is 11.5. The molecule has 0 radical (unpaired) electrons. The van der Waals surface area contributed by atoms with Gasteiger partial charge in [0, 0.05) is 25.7 Å². The van der Waals surface area contributed by atoms with E-state index in [1.165, 1.54) is 0 Å². The molecule has 0 saturated carbocycles. The molecule has 0 heterocycles. The summed E-state index contributed by atoms with van der Waals surface area (Å²) in [5, 5.41) is 6.60. The van der Waals surface area contributed by atoms with E-state index in [1.54, 1.807) is 19.2 Å². The number of aliphatic imine (C=N–C) groups is 1. The SMILES string of the molecule is CCC(CC)CNC(=NC)NCc1ccc(C(N)=O)cc1. The maximum Gasteiger partial charge on any atom is 0.248 e. The van der Waals surface area contributed by atoms with Crippen LogP contribution in [-0.4, -0.2) is 25.5 Å².